The summed E-state index contributed by atoms with van der Waals surface area (Å²) in [5.41, 5.74) is 4.82. The molecule has 0 saturated carbocycles. The summed E-state index contributed by atoms with van der Waals surface area (Å²) in [7, 11) is 0. The molecule has 6 heteroatoms. The third kappa shape index (κ3) is 5.66. The van der Waals surface area contributed by atoms with Crippen molar-refractivity contribution in [2.45, 2.75) is 23.7 Å². The zero-order valence-electron chi connectivity index (χ0n) is 16.0. The Morgan fingerprint density at radius 2 is 1.52 bits per heavy atom. The summed E-state index contributed by atoms with van der Waals surface area (Å²) < 4.78 is 3.74. The molecule has 3 aromatic rings. The topological polar surface area (TPSA) is 38.3 Å². The predicted molar refractivity (Wildman–Crippen MR) is 120 cm³/mol. The van der Waals surface area contributed by atoms with E-state index in [2.05, 4.69) is 29.6 Å². The highest BCUT2D eigenvalue weighted by Crippen LogP contribution is 2.39. The van der Waals surface area contributed by atoms with E-state index in [-0.39, 0.29) is 0 Å². The van der Waals surface area contributed by atoms with Gasteiger partial charge in [-0.05, 0) is 48.2 Å². The molecule has 0 fully saturated rings. The van der Waals surface area contributed by atoms with Crippen LogP contribution in [0.25, 0.3) is 11.1 Å². The number of ether oxygens (including phenoxy) is 1. The first-order valence-electron chi connectivity index (χ1n) is 9.02. The van der Waals surface area contributed by atoms with E-state index in [0.29, 0.717) is 11.3 Å². The molecule has 1 amide bonds. The van der Waals surface area contributed by atoms with Gasteiger partial charge in [0.1, 0.15) is 11.8 Å². The van der Waals surface area contributed by atoms with Crippen molar-refractivity contribution in [3.05, 3.63) is 89.5 Å². The SMILES string of the molecule is Cc1ccc(-c2ccc(OC(=O)N[C@@H](c3ccccc3)C(Cl)(Cl)Cl)c(C)c2)cc1. The number of nitrogens with one attached hydrogen (secondary N) is 1. The smallest absolute Gasteiger partial charge is 0.410 e. The number of aryl methyl sites for hydroxylation is 2. The van der Waals surface area contributed by atoms with Crippen molar-refractivity contribution < 1.29 is 9.53 Å². The second-order valence-electron chi connectivity index (χ2n) is 6.77. The average Bonchev–Trinajstić information content (AvgIpc) is 2.68. The summed E-state index contributed by atoms with van der Waals surface area (Å²) in [6.45, 7) is 3.93. The summed E-state index contributed by atoms with van der Waals surface area (Å²) in [6, 6.07) is 22.0. The molecule has 0 aromatic heterocycles. The third-order valence-corrected chi connectivity index (χ3v) is 5.14. The second-order valence-corrected chi connectivity index (χ2v) is 9.13. The van der Waals surface area contributed by atoms with Crippen LogP contribution < -0.4 is 10.1 Å². The summed E-state index contributed by atoms with van der Waals surface area (Å²) in [5.74, 6) is 0.439. The normalized spacial score (nSPS) is 12.3. The van der Waals surface area contributed by atoms with Gasteiger partial charge in [-0.15, -0.1) is 0 Å². The third-order valence-electron chi connectivity index (χ3n) is 4.48. The molecule has 0 saturated heterocycles. The average molecular weight is 449 g/mol. The molecule has 1 N–H and O–H groups in total. The molecular weight excluding hydrogens is 429 g/mol. The van der Waals surface area contributed by atoms with Gasteiger partial charge in [0.15, 0.2) is 0 Å². The zero-order chi connectivity index (χ0) is 21.0. The van der Waals surface area contributed by atoms with Gasteiger partial charge in [-0.1, -0.05) is 101 Å². The van der Waals surface area contributed by atoms with Gasteiger partial charge >= 0.3 is 6.09 Å². The van der Waals surface area contributed by atoms with Gasteiger partial charge in [0, 0.05) is 0 Å². The van der Waals surface area contributed by atoms with Crippen LogP contribution in [0.5, 0.6) is 5.75 Å². The minimum absolute atomic E-state index is 0.439. The standard InChI is InChI=1S/C23H20Cl3NO2/c1-15-8-10-17(11-9-15)19-12-13-20(16(2)14-19)29-22(28)27-21(23(24,25)26)18-6-4-3-5-7-18/h3-14,21H,1-2H3,(H,27,28)/t21-/m0/s1. The number of carbonyl (C=O) groups is 1. The molecule has 3 rings (SSSR count). The Morgan fingerprint density at radius 3 is 2.10 bits per heavy atom. The van der Waals surface area contributed by atoms with E-state index in [9.17, 15) is 4.79 Å². The van der Waals surface area contributed by atoms with Crippen LogP contribution in [-0.2, 0) is 0 Å². The van der Waals surface area contributed by atoms with E-state index in [1.165, 1.54) is 5.56 Å². The number of amides is 1. The van der Waals surface area contributed by atoms with E-state index in [1.807, 2.05) is 32.0 Å². The number of rotatable bonds is 4. The molecule has 0 spiro atoms. The van der Waals surface area contributed by atoms with Crippen molar-refractivity contribution in [2.24, 2.45) is 0 Å². The maximum absolute atomic E-state index is 12.5. The molecule has 150 valence electrons. The lowest BCUT2D eigenvalue weighted by molar-refractivity contribution is 0.196. The highest BCUT2D eigenvalue weighted by molar-refractivity contribution is 6.68. The molecule has 0 radical (unpaired) electrons. The first-order valence-corrected chi connectivity index (χ1v) is 10.1. The molecule has 0 bridgehead atoms. The highest BCUT2D eigenvalue weighted by atomic mass is 35.6. The van der Waals surface area contributed by atoms with E-state index in [0.717, 1.165) is 16.7 Å². The monoisotopic (exact) mass is 447 g/mol. The lowest BCUT2D eigenvalue weighted by Gasteiger charge is -2.25. The van der Waals surface area contributed by atoms with Gasteiger partial charge in [0.05, 0.1) is 0 Å². The largest absolute Gasteiger partial charge is 0.413 e. The molecule has 0 aliphatic rings. The summed E-state index contributed by atoms with van der Waals surface area (Å²) in [4.78, 5) is 12.5. The first kappa shape index (κ1) is 21.5. The number of alkyl halides is 3. The Hall–Kier alpha value is -2.20. The molecule has 1 atom stereocenters. The minimum atomic E-state index is -1.73. The Morgan fingerprint density at radius 1 is 0.897 bits per heavy atom. The molecule has 0 unspecified atom stereocenters. The second kappa shape index (κ2) is 9.08. The lowest BCUT2D eigenvalue weighted by Crippen LogP contribution is -2.38. The number of carbonyl (C=O) groups excluding carboxylic acids is 1. The molecule has 0 aliphatic carbocycles. The van der Waals surface area contributed by atoms with Crippen molar-refractivity contribution >= 4 is 40.9 Å². The van der Waals surface area contributed by atoms with Crippen molar-refractivity contribution in [3.8, 4) is 16.9 Å². The van der Waals surface area contributed by atoms with Gasteiger partial charge in [0.2, 0.25) is 3.79 Å². The number of hydrogen-bond donors (Lipinski definition) is 1. The van der Waals surface area contributed by atoms with E-state index in [1.54, 1.807) is 30.3 Å². The van der Waals surface area contributed by atoms with Crippen LogP contribution in [0.4, 0.5) is 4.79 Å². The molecule has 3 aromatic carbocycles. The van der Waals surface area contributed by atoms with E-state index >= 15 is 0 Å². The van der Waals surface area contributed by atoms with Crippen LogP contribution in [0.2, 0.25) is 0 Å². The molecular formula is C23H20Cl3NO2. The van der Waals surface area contributed by atoms with Crippen molar-refractivity contribution in [3.63, 3.8) is 0 Å². The van der Waals surface area contributed by atoms with Gasteiger partial charge < -0.3 is 10.1 Å². The van der Waals surface area contributed by atoms with Crippen LogP contribution in [0, 0.1) is 13.8 Å². The van der Waals surface area contributed by atoms with Crippen LogP contribution in [-0.4, -0.2) is 9.89 Å². The fourth-order valence-corrected chi connectivity index (χ4v) is 3.48. The Balaban J connectivity index is 1.75. The Bertz CT molecular complexity index is 983. The molecule has 3 nitrogen and oxygen atoms in total. The van der Waals surface area contributed by atoms with Gasteiger partial charge in [-0.2, -0.15) is 0 Å². The van der Waals surface area contributed by atoms with Crippen molar-refractivity contribution in [1.29, 1.82) is 0 Å². The van der Waals surface area contributed by atoms with Gasteiger partial charge in [-0.3, -0.25) is 0 Å². The quantitative estimate of drug-likeness (QED) is 0.430. The fourth-order valence-electron chi connectivity index (χ4n) is 2.94. The number of halogens is 3. The fraction of sp³-hybridized carbons (Fsp3) is 0.174. The molecule has 0 aliphatic heterocycles. The molecule has 0 heterocycles. The van der Waals surface area contributed by atoms with Crippen molar-refractivity contribution in [1.82, 2.24) is 5.32 Å². The summed E-state index contributed by atoms with van der Waals surface area (Å²) in [5, 5.41) is 2.64. The maximum Gasteiger partial charge on any atom is 0.413 e. The Labute approximate surface area is 185 Å². The summed E-state index contributed by atoms with van der Waals surface area (Å²) in [6.07, 6.45) is -0.698. The summed E-state index contributed by atoms with van der Waals surface area (Å²) >= 11 is 18.2. The number of benzene rings is 3. The van der Waals surface area contributed by atoms with Crippen molar-refractivity contribution in [2.75, 3.05) is 0 Å². The Kier molecular flexibility index (Phi) is 6.74. The van der Waals surface area contributed by atoms with Gasteiger partial charge in [-0.25, -0.2) is 4.79 Å². The molecule has 29 heavy (non-hydrogen) atoms. The van der Waals surface area contributed by atoms with Crippen LogP contribution in [0.3, 0.4) is 0 Å². The maximum atomic E-state index is 12.5. The zero-order valence-corrected chi connectivity index (χ0v) is 18.2. The van der Waals surface area contributed by atoms with E-state index in [4.69, 9.17) is 39.5 Å². The highest BCUT2D eigenvalue weighted by Gasteiger charge is 2.35. The van der Waals surface area contributed by atoms with Crippen LogP contribution in [0.15, 0.2) is 72.8 Å². The van der Waals surface area contributed by atoms with Crippen LogP contribution >= 0.6 is 34.8 Å². The van der Waals surface area contributed by atoms with E-state index < -0.39 is 15.9 Å². The van der Waals surface area contributed by atoms with Gasteiger partial charge in [0.25, 0.3) is 0 Å². The minimum Gasteiger partial charge on any atom is -0.410 e. The predicted octanol–water partition coefficient (Wildman–Crippen LogP) is 7.17. The van der Waals surface area contributed by atoms with Crippen LogP contribution in [0.1, 0.15) is 22.7 Å². The lowest BCUT2D eigenvalue weighted by atomic mass is 10.0. The first-order chi connectivity index (χ1) is 13.7. The number of hydrogen-bond acceptors (Lipinski definition) is 2.